The number of ketones is 1. The fourth-order valence-electron chi connectivity index (χ4n) is 2.60. The van der Waals surface area contributed by atoms with Crippen molar-refractivity contribution in [1.82, 2.24) is 0 Å². The summed E-state index contributed by atoms with van der Waals surface area (Å²) in [5, 5.41) is 0. The van der Waals surface area contributed by atoms with Gasteiger partial charge >= 0.3 is 0 Å². The van der Waals surface area contributed by atoms with Crippen LogP contribution in [-0.4, -0.2) is 24.8 Å². The standard InChI is InChI=1S/C12H20O3/c1-9(2)11(13)10-3-5-12(6-4-10)14-7-8-15-12/h9-10H,3-8H2,1-2H3. The van der Waals surface area contributed by atoms with Crippen LogP contribution in [0.15, 0.2) is 0 Å². The summed E-state index contributed by atoms with van der Waals surface area (Å²) in [6.07, 6.45) is 3.63. The zero-order valence-electron chi connectivity index (χ0n) is 9.62. The number of rotatable bonds is 2. The van der Waals surface area contributed by atoms with E-state index in [1.807, 2.05) is 13.8 Å². The molecule has 15 heavy (non-hydrogen) atoms. The second-order valence-corrected chi connectivity index (χ2v) is 4.94. The van der Waals surface area contributed by atoms with Crippen LogP contribution in [0.4, 0.5) is 0 Å². The third-order valence-electron chi connectivity index (χ3n) is 3.53. The van der Waals surface area contributed by atoms with Crippen LogP contribution in [0.3, 0.4) is 0 Å². The zero-order valence-corrected chi connectivity index (χ0v) is 9.62. The summed E-state index contributed by atoms with van der Waals surface area (Å²) in [5.41, 5.74) is 0. The van der Waals surface area contributed by atoms with Crippen LogP contribution in [-0.2, 0) is 14.3 Å². The Kier molecular flexibility index (Phi) is 3.12. The van der Waals surface area contributed by atoms with Gasteiger partial charge < -0.3 is 9.47 Å². The Morgan fingerprint density at radius 1 is 1.20 bits per heavy atom. The van der Waals surface area contributed by atoms with Crippen molar-refractivity contribution in [2.75, 3.05) is 13.2 Å². The predicted octanol–water partition coefficient (Wildman–Crippen LogP) is 2.14. The Hall–Kier alpha value is -0.410. The number of Topliss-reactive ketones (excluding diaryl/α,β-unsaturated/α-hetero) is 1. The van der Waals surface area contributed by atoms with Crippen molar-refractivity contribution in [3.05, 3.63) is 0 Å². The van der Waals surface area contributed by atoms with Gasteiger partial charge in [0.05, 0.1) is 13.2 Å². The van der Waals surface area contributed by atoms with Gasteiger partial charge in [-0.3, -0.25) is 4.79 Å². The number of carbonyl (C=O) groups is 1. The summed E-state index contributed by atoms with van der Waals surface area (Å²) in [5.74, 6) is 0.481. The fraction of sp³-hybridized carbons (Fsp3) is 0.917. The van der Waals surface area contributed by atoms with Crippen molar-refractivity contribution >= 4 is 5.78 Å². The molecule has 0 aromatic heterocycles. The normalized spacial score (nSPS) is 26.3. The molecule has 2 fully saturated rings. The molecule has 0 unspecified atom stereocenters. The number of carbonyl (C=O) groups excluding carboxylic acids is 1. The van der Waals surface area contributed by atoms with Gasteiger partial charge in [0.2, 0.25) is 0 Å². The molecule has 0 amide bonds. The molecule has 86 valence electrons. The Bertz CT molecular complexity index is 231. The quantitative estimate of drug-likeness (QED) is 0.703. The van der Waals surface area contributed by atoms with E-state index in [2.05, 4.69) is 0 Å². The van der Waals surface area contributed by atoms with E-state index in [9.17, 15) is 4.79 Å². The van der Waals surface area contributed by atoms with Crippen LogP contribution in [0.5, 0.6) is 0 Å². The molecule has 1 aliphatic carbocycles. The van der Waals surface area contributed by atoms with Gasteiger partial charge in [-0.15, -0.1) is 0 Å². The monoisotopic (exact) mass is 212 g/mol. The van der Waals surface area contributed by atoms with Crippen molar-refractivity contribution in [2.24, 2.45) is 11.8 Å². The molecule has 1 saturated heterocycles. The lowest BCUT2D eigenvalue weighted by atomic mass is 9.80. The SMILES string of the molecule is CC(C)C(=O)C1CCC2(CC1)OCCO2. The first-order chi connectivity index (χ1) is 7.13. The molecular formula is C12H20O3. The van der Waals surface area contributed by atoms with Crippen LogP contribution in [0, 0.1) is 11.8 Å². The number of ether oxygens (including phenoxy) is 2. The van der Waals surface area contributed by atoms with Gasteiger partial charge in [-0.1, -0.05) is 13.8 Å². The molecule has 2 aliphatic rings. The van der Waals surface area contributed by atoms with Gasteiger partial charge in [0.1, 0.15) is 5.78 Å². The summed E-state index contributed by atoms with van der Waals surface area (Å²) >= 11 is 0. The molecule has 1 saturated carbocycles. The van der Waals surface area contributed by atoms with E-state index in [4.69, 9.17) is 9.47 Å². The molecule has 0 bridgehead atoms. The first-order valence-electron chi connectivity index (χ1n) is 5.95. The first kappa shape index (κ1) is 11.1. The van der Waals surface area contributed by atoms with Crippen LogP contribution in [0.2, 0.25) is 0 Å². The zero-order chi connectivity index (χ0) is 10.9. The van der Waals surface area contributed by atoms with Gasteiger partial charge in [0.15, 0.2) is 5.79 Å². The van der Waals surface area contributed by atoms with Crippen molar-refractivity contribution in [3.8, 4) is 0 Å². The molecule has 0 radical (unpaired) electrons. The van der Waals surface area contributed by atoms with E-state index in [-0.39, 0.29) is 17.6 Å². The highest BCUT2D eigenvalue weighted by Gasteiger charge is 2.41. The minimum atomic E-state index is -0.326. The Labute approximate surface area is 91.1 Å². The van der Waals surface area contributed by atoms with Gasteiger partial charge in [0, 0.05) is 24.7 Å². The highest BCUT2D eigenvalue weighted by Crippen LogP contribution is 2.39. The lowest BCUT2D eigenvalue weighted by Crippen LogP contribution is -2.37. The summed E-state index contributed by atoms with van der Waals surface area (Å²) in [4.78, 5) is 11.8. The third kappa shape index (κ3) is 2.23. The van der Waals surface area contributed by atoms with Crippen LogP contribution in [0.25, 0.3) is 0 Å². The van der Waals surface area contributed by atoms with Gasteiger partial charge in [0.25, 0.3) is 0 Å². The smallest absolute Gasteiger partial charge is 0.168 e. The molecule has 0 aromatic rings. The molecule has 3 heteroatoms. The Balaban J connectivity index is 1.89. The van der Waals surface area contributed by atoms with E-state index in [0.29, 0.717) is 19.0 Å². The van der Waals surface area contributed by atoms with Crippen molar-refractivity contribution in [2.45, 2.75) is 45.3 Å². The van der Waals surface area contributed by atoms with Gasteiger partial charge in [-0.2, -0.15) is 0 Å². The van der Waals surface area contributed by atoms with Gasteiger partial charge in [-0.25, -0.2) is 0 Å². The summed E-state index contributed by atoms with van der Waals surface area (Å²) in [6.45, 7) is 5.39. The summed E-state index contributed by atoms with van der Waals surface area (Å²) in [6, 6.07) is 0. The molecule has 2 rings (SSSR count). The summed E-state index contributed by atoms with van der Waals surface area (Å²) < 4.78 is 11.3. The average molecular weight is 212 g/mol. The minimum absolute atomic E-state index is 0.162. The first-order valence-corrected chi connectivity index (χ1v) is 5.95. The second-order valence-electron chi connectivity index (χ2n) is 4.94. The van der Waals surface area contributed by atoms with Crippen LogP contribution >= 0.6 is 0 Å². The van der Waals surface area contributed by atoms with Gasteiger partial charge in [-0.05, 0) is 12.8 Å². The summed E-state index contributed by atoms with van der Waals surface area (Å²) in [7, 11) is 0. The number of hydrogen-bond donors (Lipinski definition) is 0. The maximum absolute atomic E-state index is 11.8. The molecule has 0 N–H and O–H groups in total. The van der Waals surface area contributed by atoms with E-state index in [1.165, 1.54) is 0 Å². The minimum Gasteiger partial charge on any atom is -0.348 e. The topological polar surface area (TPSA) is 35.5 Å². The lowest BCUT2D eigenvalue weighted by Gasteiger charge is -2.35. The second kappa shape index (κ2) is 4.22. The molecular weight excluding hydrogens is 192 g/mol. The third-order valence-corrected chi connectivity index (χ3v) is 3.53. The Morgan fingerprint density at radius 2 is 1.73 bits per heavy atom. The maximum atomic E-state index is 11.8. The highest BCUT2D eigenvalue weighted by atomic mass is 16.7. The van der Waals surface area contributed by atoms with E-state index < -0.39 is 0 Å². The predicted molar refractivity (Wildman–Crippen MR) is 56.4 cm³/mol. The molecule has 3 nitrogen and oxygen atoms in total. The van der Waals surface area contributed by atoms with Crippen LogP contribution < -0.4 is 0 Å². The lowest BCUT2D eigenvalue weighted by molar-refractivity contribution is -0.183. The average Bonchev–Trinajstić information content (AvgIpc) is 2.67. The molecule has 1 spiro atoms. The van der Waals surface area contributed by atoms with Crippen molar-refractivity contribution < 1.29 is 14.3 Å². The van der Waals surface area contributed by atoms with Crippen LogP contribution in [0.1, 0.15) is 39.5 Å². The van der Waals surface area contributed by atoms with E-state index >= 15 is 0 Å². The Morgan fingerprint density at radius 3 is 2.20 bits per heavy atom. The molecule has 1 aliphatic heterocycles. The van der Waals surface area contributed by atoms with E-state index in [0.717, 1.165) is 25.7 Å². The maximum Gasteiger partial charge on any atom is 0.168 e. The van der Waals surface area contributed by atoms with Crippen molar-refractivity contribution in [3.63, 3.8) is 0 Å². The molecule has 1 heterocycles. The van der Waals surface area contributed by atoms with Crippen molar-refractivity contribution in [1.29, 1.82) is 0 Å². The highest BCUT2D eigenvalue weighted by molar-refractivity contribution is 5.82. The van der Waals surface area contributed by atoms with E-state index in [1.54, 1.807) is 0 Å². The molecule has 0 aromatic carbocycles. The molecule has 0 atom stereocenters. The number of hydrogen-bond acceptors (Lipinski definition) is 3. The largest absolute Gasteiger partial charge is 0.348 e. The fourth-order valence-corrected chi connectivity index (χ4v) is 2.60.